The molecule has 4 aromatic rings. The van der Waals surface area contributed by atoms with E-state index in [9.17, 15) is 22.7 Å². The van der Waals surface area contributed by atoms with Crippen LogP contribution in [0.1, 0.15) is 27.2 Å². The molecule has 1 N–H and O–H groups in total. The molecule has 3 aromatic carbocycles. The Hall–Kier alpha value is -3.20. The van der Waals surface area contributed by atoms with Crippen LogP contribution in [0.25, 0.3) is 11.0 Å². The molecule has 0 radical (unpaired) electrons. The van der Waals surface area contributed by atoms with Crippen molar-refractivity contribution in [3.05, 3.63) is 100 Å². The zero-order valence-electron chi connectivity index (χ0n) is 18.2. The standard InChI is InChI=1S/C25H21ClFNO5S/c1-16-21-14-20(9-10-23(21)33-24(16)25(29)30)34(31,32)28(12-11-17-5-3-2-4-6-17)15-18-7-8-19(26)13-22(18)27/h2-10,13-14H,11-12,15H2,1H3,(H,29,30). The van der Waals surface area contributed by atoms with Gasteiger partial charge in [-0.05, 0) is 49.2 Å². The summed E-state index contributed by atoms with van der Waals surface area (Å²) in [5.74, 6) is -2.07. The zero-order chi connectivity index (χ0) is 24.5. The number of nitrogens with zero attached hydrogens (tertiary/aromatic N) is 1. The number of aryl methyl sites for hydroxylation is 1. The van der Waals surface area contributed by atoms with Crippen molar-refractivity contribution in [3.63, 3.8) is 0 Å². The van der Waals surface area contributed by atoms with Crippen LogP contribution in [0.2, 0.25) is 5.02 Å². The lowest BCUT2D eigenvalue weighted by Crippen LogP contribution is -2.33. The summed E-state index contributed by atoms with van der Waals surface area (Å²) in [6.07, 6.45) is 0.422. The molecule has 34 heavy (non-hydrogen) atoms. The lowest BCUT2D eigenvalue weighted by Gasteiger charge is -2.23. The number of hydrogen-bond acceptors (Lipinski definition) is 4. The van der Waals surface area contributed by atoms with Gasteiger partial charge in [-0.15, -0.1) is 0 Å². The van der Waals surface area contributed by atoms with E-state index in [1.54, 1.807) is 6.92 Å². The zero-order valence-corrected chi connectivity index (χ0v) is 19.7. The molecule has 0 unspecified atom stereocenters. The van der Waals surface area contributed by atoms with Crippen molar-refractivity contribution in [1.82, 2.24) is 4.31 Å². The monoisotopic (exact) mass is 501 g/mol. The molecular weight excluding hydrogens is 481 g/mol. The van der Waals surface area contributed by atoms with Crippen molar-refractivity contribution in [2.24, 2.45) is 0 Å². The predicted molar refractivity (Wildman–Crippen MR) is 127 cm³/mol. The van der Waals surface area contributed by atoms with Crippen molar-refractivity contribution in [1.29, 1.82) is 0 Å². The fourth-order valence-corrected chi connectivity index (χ4v) is 5.34. The average Bonchev–Trinajstić information content (AvgIpc) is 3.14. The summed E-state index contributed by atoms with van der Waals surface area (Å²) >= 11 is 5.85. The van der Waals surface area contributed by atoms with Crippen molar-refractivity contribution in [2.45, 2.75) is 24.8 Å². The summed E-state index contributed by atoms with van der Waals surface area (Å²) in [6.45, 7) is 1.47. The summed E-state index contributed by atoms with van der Waals surface area (Å²) in [5.41, 5.74) is 1.73. The minimum Gasteiger partial charge on any atom is -0.475 e. The molecule has 0 saturated heterocycles. The van der Waals surface area contributed by atoms with Crippen LogP contribution in [0.4, 0.5) is 4.39 Å². The first-order valence-corrected chi connectivity index (χ1v) is 12.2. The summed E-state index contributed by atoms with van der Waals surface area (Å²) in [6, 6.07) is 17.7. The van der Waals surface area contributed by atoms with E-state index in [2.05, 4.69) is 0 Å². The minimum absolute atomic E-state index is 0.0386. The highest BCUT2D eigenvalue weighted by molar-refractivity contribution is 7.89. The summed E-state index contributed by atoms with van der Waals surface area (Å²) in [7, 11) is -4.07. The van der Waals surface area contributed by atoms with Crippen LogP contribution in [-0.2, 0) is 23.0 Å². The van der Waals surface area contributed by atoms with Gasteiger partial charge in [0.2, 0.25) is 15.8 Å². The molecule has 0 aliphatic carbocycles. The molecule has 4 rings (SSSR count). The Morgan fingerprint density at radius 1 is 1.09 bits per heavy atom. The Kier molecular flexibility index (Phi) is 6.74. The van der Waals surface area contributed by atoms with Crippen molar-refractivity contribution >= 4 is 38.6 Å². The number of hydrogen-bond donors (Lipinski definition) is 1. The molecule has 0 spiro atoms. The van der Waals surface area contributed by atoms with Crippen LogP contribution in [-0.4, -0.2) is 30.3 Å². The molecule has 0 bridgehead atoms. The van der Waals surface area contributed by atoms with E-state index in [0.717, 1.165) is 11.6 Å². The van der Waals surface area contributed by atoms with Crippen molar-refractivity contribution in [2.75, 3.05) is 6.54 Å². The van der Waals surface area contributed by atoms with Crippen LogP contribution >= 0.6 is 11.6 Å². The lowest BCUT2D eigenvalue weighted by atomic mass is 10.1. The number of fused-ring (bicyclic) bond motifs is 1. The predicted octanol–water partition coefficient (Wildman–Crippen LogP) is 5.67. The first kappa shape index (κ1) is 23.9. The van der Waals surface area contributed by atoms with E-state index in [1.807, 2.05) is 30.3 Å². The van der Waals surface area contributed by atoms with Crippen LogP contribution in [0.15, 0.2) is 76.0 Å². The van der Waals surface area contributed by atoms with Crippen LogP contribution in [0.5, 0.6) is 0 Å². The second kappa shape index (κ2) is 9.58. The van der Waals surface area contributed by atoms with Crippen molar-refractivity contribution < 1.29 is 27.1 Å². The minimum atomic E-state index is -4.07. The van der Waals surface area contributed by atoms with Gasteiger partial charge in [0, 0.05) is 34.6 Å². The van der Waals surface area contributed by atoms with Gasteiger partial charge >= 0.3 is 5.97 Å². The van der Waals surface area contributed by atoms with Crippen molar-refractivity contribution in [3.8, 4) is 0 Å². The maximum absolute atomic E-state index is 14.5. The summed E-state index contributed by atoms with van der Waals surface area (Å²) in [5, 5.41) is 9.91. The van der Waals surface area contributed by atoms with Gasteiger partial charge in [-0.3, -0.25) is 0 Å². The van der Waals surface area contributed by atoms with Crippen LogP contribution in [0.3, 0.4) is 0 Å². The van der Waals surface area contributed by atoms with Gasteiger partial charge in [-0.2, -0.15) is 4.31 Å². The van der Waals surface area contributed by atoms with Gasteiger partial charge in [-0.25, -0.2) is 17.6 Å². The number of carboxylic acid groups (broad SMARTS) is 1. The van der Waals surface area contributed by atoms with Gasteiger partial charge in [-0.1, -0.05) is 48.0 Å². The number of benzene rings is 3. The molecule has 9 heteroatoms. The molecule has 6 nitrogen and oxygen atoms in total. The fourth-order valence-electron chi connectivity index (χ4n) is 3.74. The highest BCUT2D eigenvalue weighted by Crippen LogP contribution is 2.30. The van der Waals surface area contributed by atoms with Gasteiger partial charge in [0.25, 0.3) is 0 Å². The van der Waals surface area contributed by atoms with E-state index in [4.69, 9.17) is 16.0 Å². The maximum Gasteiger partial charge on any atom is 0.372 e. The number of halogens is 2. The summed E-state index contributed by atoms with van der Waals surface area (Å²) in [4.78, 5) is 11.4. The Morgan fingerprint density at radius 2 is 1.82 bits per heavy atom. The molecule has 0 aliphatic heterocycles. The number of aromatic carboxylic acids is 1. The average molecular weight is 502 g/mol. The Bertz CT molecular complexity index is 1470. The van der Waals surface area contributed by atoms with Crippen LogP contribution in [0, 0.1) is 12.7 Å². The van der Waals surface area contributed by atoms with E-state index in [-0.39, 0.29) is 39.9 Å². The molecule has 0 fully saturated rings. The largest absolute Gasteiger partial charge is 0.475 e. The van der Waals surface area contributed by atoms with Gasteiger partial charge in [0.05, 0.1) is 4.90 Å². The molecule has 1 aromatic heterocycles. The number of rotatable bonds is 8. The molecule has 0 amide bonds. The first-order chi connectivity index (χ1) is 16.2. The Morgan fingerprint density at radius 3 is 2.50 bits per heavy atom. The number of carbonyl (C=O) groups is 1. The van der Waals surface area contributed by atoms with Gasteiger partial charge < -0.3 is 9.52 Å². The molecular formula is C25H21ClFNO5S. The van der Waals surface area contributed by atoms with E-state index < -0.39 is 21.8 Å². The normalized spacial score (nSPS) is 11.9. The highest BCUT2D eigenvalue weighted by atomic mass is 35.5. The molecule has 0 atom stereocenters. The number of furan rings is 1. The van der Waals surface area contributed by atoms with Gasteiger partial charge in [0.15, 0.2) is 0 Å². The third kappa shape index (κ3) is 4.84. The van der Waals surface area contributed by atoms with Crippen LogP contribution < -0.4 is 0 Å². The first-order valence-electron chi connectivity index (χ1n) is 10.4. The van der Waals surface area contributed by atoms with Gasteiger partial charge in [0.1, 0.15) is 11.4 Å². The molecule has 0 aliphatic rings. The second-order valence-corrected chi connectivity index (χ2v) is 10.2. The quantitative estimate of drug-likeness (QED) is 0.336. The second-order valence-electron chi connectivity index (χ2n) is 7.83. The fraction of sp³-hybridized carbons (Fsp3) is 0.160. The molecule has 176 valence electrons. The van der Waals surface area contributed by atoms with E-state index in [0.29, 0.717) is 17.4 Å². The number of sulfonamides is 1. The molecule has 0 saturated carbocycles. The number of carboxylic acids is 1. The maximum atomic E-state index is 14.5. The topological polar surface area (TPSA) is 87.8 Å². The smallest absolute Gasteiger partial charge is 0.372 e. The SMILES string of the molecule is Cc1c(C(=O)O)oc2ccc(S(=O)(=O)N(CCc3ccccc3)Cc3ccc(Cl)cc3F)cc12. The Labute approximate surface area is 201 Å². The lowest BCUT2D eigenvalue weighted by molar-refractivity contribution is 0.0664. The highest BCUT2D eigenvalue weighted by Gasteiger charge is 2.27. The third-order valence-electron chi connectivity index (χ3n) is 5.59. The van der Waals surface area contributed by atoms with E-state index in [1.165, 1.54) is 34.6 Å². The summed E-state index contributed by atoms with van der Waals surface area (Å²) < 4.78 is 48.4. The Balaban J connectivity index is 1.73. The van der Waals surface area contributed by atoms with E-state index >= 15 is 0 Å². The molecule has 1 heterocycles. The third-order valence-corrected chi connectivity index (χ3v) is 7.67.